The summed E-state index contributed by atoms with van der Waals surface area (Å²) in [6.07, 6.45) is 4.57. The number of fused-ring (bicyclic) bond motifs is 1. The first-order valence-corrected chi connectivity index (χ1v) is 7.02. The molecule has 0 aliphatic heterocycles. The second-order valence-corrected chi connectivity index (χ2v) is 5.39. The first-order valence-electron chi connectivity index (χ1n) is 7.02. The summed E-state index contributed by atoms with van der Waals surface area (Å²) in [4.78, 5) is 24.1. The second kappa shape index (κ2) is 6.22. The first kappa shape index (κ1) is 15.4. The lowest BCUT2D eigenvalue weighted by Gasteiger charge is -2.19. The van der Waals surface area contributed by atoms with Crippen molar-refractivity contribution in [3.8, 4) is 0 Å². The lowest BCUT2D eigenvalue weighted by Crippen LogP contribution is -2.34. The van der Waals surface area contributed by atoms with Crippen LogP contribution in [0.25, 0.3) is 5.76 Å². The van der Waals surface area contributed by atoms with Crippen molar-refractivity contribution >= 4 is 17.3 Å². The molecule has 112 valence electrons. The third-order valence-electron chi connectivity index (χ3n) is 4.12. The van der Waals surface area contributed by atoms with Crippen molar-refractivity contribution in [1.29, 1.82) is 0 Å². The first-order chi connectivity index (χ1) is 9.68. The Kier molecular flexibility index (Phi) is 4.58. The van der Waals surface area contributed by atoms with E-state index in [1.54, 1.807) is 24.3 Å². The average Bonchev–Trinajstić information content (AvgIpc) is 2.98. The standard InChI is InChI=1S/C16H17NO3.CH4/c18-14-11-7-3-4-8-12(11)15(19)16(20)13(14)9-17-10-5-1-2-6-10;/h3-4,7-8,10,17-18H,1-2,5-6,9H2;1H4. The SMILES string of the molecule is C.O=C1C(=O)c2ccccc2C(O)=C1CNC1CCCC1. The van der Waals surface area contributed by atoms with E-state index in [0.717, 1.165) is 12.8 Å². The molecule has 1 aromatic rings. The Bertz CT molecular complexity index is 598. The highest BCUT2D eigenvalue weighted by Gasteiger charge is 2.32. The van der Waals surface area contributed by atoms with E-state index < -0.39 is 11.6 Å². The third-order valence-corrected chi connectivity index (χ3v) is 4.12. The van der Waals surface area contributed by atoms with E-state index in [-0.39, 0.29) is 25.3 Å². The van der Waals surface area contributed by atoms with Gasteiger partial charge in [0.25, 0.3) is 0 Å². The number of carbonyl (C=O) groups excluding carboxylic acids is 2. The number of carbonyl (C=O) groups is 2. The van der Waals surface area contributed by atoms with Gasteiger partial charge < -0.3 is 10.4 Å². The zero-order chi connectivity index (χ0) is 14.1. The maximum absolute atomic E-state index is 12.1. The van der Waals surface area contributed by atoms with Crippen LogP contribution < -0.4 is 5.32 Å². The van der Waals surface area contributed by atoms with Crippen LogP contribution in [-0.4, -0.2) is 29.3 Å². The summed E-state index contributed by atoms with van der Waals surface area (Å²) < 4.78 is 0. The van der Waals surface area contributed by atoms with E-state index in [4.69, 9.17) is 0 Å². The largest absolute Gasteiger partial charge is 0.507 e. The Labute approximate surface area is 124 Å². The summed E-state index contributed by atoms with van der Waals surface area (Å²) in [7, 11) is 0. The molecule has 2 N–H and O–H groups in total. The quantitative estimate of drug-likeness (QED) is 0.839. The molecule has 0 bridgehead atoms. The van der Waals surface area contributed by atoms with Crippen LogP contribution in [0.1, 0.15) is 49.0 Å². The van der Waals surface area contributed by atoms with Crippen molar-refractivity contribution in [2.75, 3.05) is 6.54 Å². The molecule has 0 spiro atoms. The number of rotatable bonds is 3. The van der Waals surface area contributed by atoms with Crippen LogP contribution in [0.3, 0.4) is 0 Å². The van der Waals surface area contributed by atoms with Crippen molar-refractivity contribution < 1.29 is 14.7 Å². The van der Waals surface area contributed by atoms with E-state index in [0.29, 0.717) is 17.2 Å². The van der Waals surface area contributed by atoms with Crippen molar-refractivity contribution in [2.24, 2.45) is 0 Å². The maximum Gasteiger partial charge on any atom is 0.234 e. The van der Waals surface area contributed by atoms with E-state index >= 15 is 0 Å². The maximum atomic E-state index is 12.1. The number of hydrogen-bond donors (Lipinski definition) is 2. The summed E-state index contributed by atoms with van der Waals surface area (Å²) in [5.74, 6) is -1.18. The number of aliphatic hydroxyl groups excluding tert-OH is 1. The second-order valence-electron chi connectivity index (χ2n) is 5.39. The van der Waals surface area contributed by atoms with Gasteiger partial charge in [0, 0.05) is 23.7 Å². The van der Waals surface area contributed by atoms with Gasteiger partial charge in [0.1, 0.15) is 5.76 Å². The Balaban J connectivity index is 0.00000161. The smallest absolute Gasteiger partial charge is 0.234 e. The molecule has 1 aromatic carbocycles. The molecule has 0 atom stereocenters. The van der Waals surface area contributed by atoms with Crippen LogP contribution in [0, 0.1) is 0 Å². The molecule has 0 saturated heterocycles. The van der Waals surface area contributed by atoms with Gasteiger partial charge in [-0.15, -0.1) is 0 Å². The topological polar surface area (TPSA) is 66.4 Å². The molecule has 0 heterocycles. The van der Waals surface area contributed by atoms with Gasteiger partial charge in [0.2, 0.25) is 11.6 Å². The van der Waals surface area contributed by atoms with Crippen LogP contribution in [0.15, 0.2) is 29.8 Å². The van der Waals surface area contributed by atoms with E-state index in [9.17, 15) is 14.7 Å². The van der Waals surface area contributed by atoms with Gasteiger partial charge in [-0.1, -0.05) is 44.5 Å². The molecule has 2 aliphatic carbocycles. The Hall–Kier alpha value is -1.94. The minimum atomic E-state index is -0.591. The van der Waals surface area contributed by atoms with Crippen LogP contribution in [0.2, 0.25) is 0 Å². The summed E-state index contributed by atoms with van der Waals surface area (Å²) in [5.41, 5.74) is 0.945. The monoisotopic (exact) mass is 287 g/mol. The zero-order valence-electron chi connectivity index (χ0n) is 11.2. The van der Waals surface area contributed by atoms with Gasteiger partial charge in [-0.2, -0.15) is 0 Å². The van der Waals surface area contributed by atoms with Gasteiger partial charge >= 0.3 is 0 Å². The molecular weight excluding hydrogens is 266 g/mol. The fourth-order valence-corrected chi connectivity index (χ4v) is 2.96. The fourth-order valence-electron chi connectivity index (χ4n) is 2.96. The van der Waals surface area contributed by atoms with E-state index in [1.807, 2.05) is 0 Å². The summed E-state index contributed by atoms with van der Waals surface area (Å²) in [6, 6.07) is 7.08. The number of benzene rings is 1. The molecule has 0 radical (unpaired) electrons. The molecule has 2 aliphatic rings. The highest BCUT2D eigenvalue weighted by molar-refractivity contribution is 6.52. The number of Topliss-reactive ketones (excluding diaryl/α,β-unsaturated/α-hetero) is 2. The van der Waals surface area contributed by atoms with Crippen molar-refractivity contribution in [1.82, 2.24) is 5.32 Å². The van der Waals surface area contributed by atoms with Gasteiger partial charge in [0.15, 0.2) is 0 Å². The van der Waals surface area contributed by atoms with Crippen LogP contribution in [0.5, 0.6) is 0 Å². The number of nitrogens with one attached hydrogen (secondary N) is 1. The number of ketones is 2. The molecule has 4 heteroatoms. The summed E-state index contributed by atoms with van der Waals surface area (Å²) in [6.45, 7) is 0.259. The predicted octanol–water partition coefficient (Wildman–Crippen LogP) is 2.89. The number of hydrogen-bond acceptors (Lipinski definition) is 4. The molecule has 4 nitrogen and oxygen atoms in total. The van der Waals surface area contributed by atoms with Gasteiger partial charge in [-0.25, -0.2) is 0 Å². The molecule has 1 saturated carbocycles. The summed E-state index contributed by atoms with van der Waals surface area (Å²) in [5, 5.41) is 13.5. The van der Waals surface area contributed by atoms with Crippen molar-refractivity contribution in [3.05, 3.63) is 41.0 Å². The predicted molar refractivity (Wildman–Crippen MR) is 82.3 cm³/mol. The zero-order valence-corrected chi connectivity index (χ0v) is 11.2. The lowest BCUT2D eigenvalue weighted by molar-refractivity contribution is -0.112. The Morgan fingerprint density at radius 2 is 1.67 bits per heavy atom. The number of aliphatic hydroxyl groups is 1. The third kappa shape index (κ3) is 2.76. The molecular formula is C17H21NO3. The highest BCUT2D eigenvalue weighted by Crippen LogP contribution is 2.27. The highest BCUT2D eigenvalue weighted by atomic mass is 16.3. The van der Waals surface area contributed by atoms with Crippen LogP contribution in [0.4, 0.5) is 0 Å². The molecule has 1 fully saturated rings. The summed E-state index contributed by atoms with van der Waals surface area (Å²) >= 11 is 0. The van der Waals surface area contributed by atoms with Gasteiger partial charge in [-0.05, 0) is 12.8 Å². The van der Waals surface area contributed by atoms with E-state index in [1.165, 1.54) is 12.8 Å². The van der Waals surface area contributed by atoms with Crippen LogP contribution in [-0.2, 0) is 4.79 Å². The van der Waals surface area contributed by atoms with Crippen LogP contribution >= 0.6 is 0 Å². The fraction of sp³-hybridized carbons (Fsp3) is 0.412. The van der Waals surface area contributed by atoms with Crippen molar-refractivity contribution in [2.45, 2.75) is 39.2 Å². The molecule has 21 heavy (non-hydrogen) atoms. The molecule has 0 amide bonds. The van der Waals surface area contributed by atoms with Gasteiger partial charge in [0.05, 0.1) is 5.57 Å². The Morgan fingerprint density at radius 3 is 2.33 bits per heavy atom. The van der Waals surface area contributed by atoms with Crippen molar-refractivity contribution in [3.63, 3.8) is 0 Å². The minimum Gasteiger partial charge on any atom is -0.507 e. The normalized spacial score (nSPS) is 18.7. The van der Waals surface area contributed by atoms with E-state index in [2.05, 4.69) is 5.32 Å². The lowest BCUT2D eigenvalue weighted by atomic mass is 9.88. The molecule has 0 aromatic heterocycles. The average molecular weight is 287 g/mol. The Morgan fingerprint density at radius 1 is 1.05 bits per heavy atom. The molecule has 0 unspecified atom stereocenters. The molecule has 3 rings (SSSR count). The minimum absolute atomic E-state index is 0. The van der Waals surface area contributed by atoms with Gasteiger partial charge in [-0.3, -0.25) is 9.59 Å².